The van der Waals surface area contributed by atoms with Gasteiger partial charge in [0.2, 0.25) is 5.91 Å². The van der Waals surface area contributed by atoms with E-state index in [1.165, 1.54) is 16.9 Å². The van der Waals surface area contributed by atoms with Crippen molar-refractivity contribution in [3.8, 4) is 0 Å². The lowest BCUT2D eigenvalue weighted by Gasteiger charge is -2.36. The van der Waals surface area contributed by atoms with Crippen LogP contribution in [0.3, 0.4) is 0 Å². The van der Waals surface area contributed by atoms with Gasteiger partial charge >= 0.3 is 0 Å². The van der Waals surface area contributed by atoms with Gasteiger partial charge in [-0.1, -0.05) is 18.2 Å². The second kappa shape index (κ2) is 8.23. The minimum absolute atomic E-state index is 0.291. The van der Waals surface area contributed by atoms with Crippen LogP contribution in [-0.2, 0) is 11.3 Å². The molecule has 5 heteroatoms. The van der Waals surface area contributed by atoms with Gasteiger partial charge in [0.05, 0.1) is 5.75 Å². The fraction of sp³-hybridized carbons (Fsp3) is 0.429. The lowest BCUT2D eigenvalue weighted by atomic mass is 9.95. The molecule has 0 spiro atoms. The van der Waals surface area contributed by atoms with E-state index in [4.69, 9.17) is 0 Å². The minimum Gasteiger partial charge on any atom is -0.337 e. The Morgan fingerprint density at radius 3 is 2.65 bits per heavy atom. The first kappa shape index (κ1) is 17.6. The maximum absolute atomic E-state index is 12.9. The predicted octanol–water partition coefficient (Wildman–Crippen LogP) is 3.30. The van der Waals surface area contributed by atoms with E-state index in [1.807, 2.05) is 30.6 Å². The SMILES string of the molecule is O=C(CSc1ccccc1)N1C[C@H]2CC[C@@H]1CN(Cc1ccncc1)C2. The van der Waals surface area contributed by atoms with Crippen LogP contribution in [0, 0.1) is 5.92 Å². The molecule has 2 atom stereocenters. The third-order valence-electron chi connectivity index (χ3n) is 5.37. The number of aromatic nitrogens is 1. The third kappa shape index (κ3) is 4.27. The summed E-state index contributed by atoms with van der Waals surface area (Å²) >= 11 is 1.65. The zero-order chi connectivity index (χ0) is 17.8. The van der Waals surface area contributed by atoms with E-state index in [1.54, 1.807) is 11.8 Å². The van der Waals surface area contributed by atoms with Crippen LogP contribution in [0.4, 0.5) is 0 Å². The molecule has 2 aromatic rings. The highest BCUT2D eigenvalue weighted by Crippen LogP contribution is 2.30. The van der Waals surface area contributed by atoms with Crippen LogP contribution in [-0.4, -0.2) is 52.1 Å². The van der Waals surface area contributed by atoms with E-state index in [-0.39, 0.29) is 0 Å². The standard InChI is InChI=1S/C21H25N3OS/c25-21(16-26-20-4-2-1-3-5-20)24-14-18-6-7-19(24)15-23(13-18)12-17-8-10-22-11-9-17/h1-5,8-11,18-19H,6-7,12-16H2/t18-,19+/m0/s1. The van der Waals surface area contributed by atoms with Crippen LogP contribution in [0.5, 0.6) is 0 Å². The summed E-state index contributed by atoms with van der Waals surface area (Å²) in [7, 11) is 0. The highest BCUT2D eigenvalue weighted by molar-refractivity contribution is 8.00. The largest absolute Gasteiger partial charge is 0.337 e. The minimum atomic E-state index is 0.291. The van der Waals surface area contributed by atoms with Crippen molar-refractivity contribution in [2.75, 3.05) is 25.4 Å². The normalized spacial score (nSPS) is 23.0. The summed E-state index contributed by atoms with van der Waals surface area (Å²) in [5.41, 5.74) is 1.30. The summed E-state index contributed by atoms with van der Waals surface area (Å²) in [5, 5.41) is 0. The molecule has 1 aromatic carbocycles. The van der Waals surface area contributed by atoms with Gasteiger partial charge in [-0.25, -0.2) is 0 Å². The predicted molar refractivity (Wildman–Crippen MR) is 105 cm³/mol. The van der Waals surface area contributed by atoms with Gasteiger partial charge in [0, 0.05) is 49.5 Å². The number of amides is 1. The highest BCUT2D eigenvalue weighted by atomic mass is 32.2. The van der Waals surface area contributed by atoms with Crippen molar-refractivity contribution >= 4 is 17.7 Å². The number of hydrogen-bond acceptors (Lipinski definition) is 4. The zero-order valence-electron chi connectivity index (χ0n) is 15.0. The fourth-order valence-electron chi connectivity index (χ4n) is 4.10. The molecule has 26 heavy (non-hydrogen) atoms. The van der Waals surface area contributed by atoms with E-state index < -0.39 is 0 Å². The molecule has 3 aliphatic rings. The number of carbonyl (C=O) groups excluding carboxylic acids is 1. The fourth-order valence-corrected chi connectivity index (χ4v) is 4.91. The maximum atomic E-state index is 12.9. The summed E-state index contributed by atoms with van der Waals surface area (Å²) in [6, 6.07) is 14.7. The molecule has 0 saturated carbocycles. The molecular formula is C21H25N3OS. The number of nitrogens with zero attached hydrogens (tertiary/aromatic N) is 3. The number of rotatable bonds is 5. The molecule has 0 unspecified atom stereocenters. The first-order valence-corrected chi connectivity index (χ1v) is 10.3. The highest BCUT2D eigenvalue weighted by Gasteiger charge is 2.36. The van der Waals surface area contributed by atoms with Gasteiger partial charge in [-0.15, -0.1) is 11.8 Å². The molecule has 136 valence electrons. The monoisotopic (exact) mass is 367 g/mol. The lowest BCUT2D eigenvalue weighted by Crippen LogP contribution is -2.48. The number of benzene rings is 1. The van der Waals surface area contributed by atoms with Crippen LogP contribution in [0.15, 0.2) is 59.8 Å². The first-order valence-electron chi connectivity index (χ1n) is 9.36. The van der Waals surface area contributed by atoms with E-state index in [0.717, 1.165) is 32.6 Å². The summed E-state index contributed by atoms with van der Waals surface area (Å²) in [5.74, 6) is 1.43. The molecule has 4 nitrogen and oxygen atoms in total. The van der Waals surface area contributed by atoms with Gasteiger partial charge in [-0.2, -0.15) is 0 Å². The molecule has 3 fully saturated rings. The molecule has 5 rings (SSSR count). The quantitative estimate of drug-likeness (QED) is 0.760. The molecular weight excluding hydrogens is 342 g/mol. The van der Waals surface area contributed by atoms with Gasteiger partial charge in [-0.3, -0.25) is 14.7 Å². The topological polar surface area (TPSA) is 36.4 Å². The van der Waals surface area contributed by atoms with Crippen LogP contribution >= 0.6 is 11.8 Å². The van der Waals surface area contributed by atoms with Crippen LogP contribution < -0.4 is 0 Å². The Balaban J connectivity index is 1.37. The van der Waals surface area contributed by atoms with E-state index in [2.05, 4.69) is 39.0 Å². The molecule has 1 aromatic heterocycles. The molecule has 4 heterocycles. The Labute approximate surface area is 159 Å². The Hall–Kier alpha value is -1.85. The van der Waals surface area contributed by atoms with Crippen molar-refractivity contribution in [2.45, 2.75) is 30.3 Å². The first-order chi connectivity index (χ1) is 12.8. The number of fused-ring (bicyclic) bond motifs is 4. The summed E-state index contributed by atoms with van der Waals surface area (Å²) in [4.78, 5) is 22.8. The number of hydrogen-bond donors (Lipinski definition) is 0. The van der Waals surface area contributed by atoms with Crippen molar-refractivity contribution in [2.24, 2.45) is 5.92 Å². The molecule has 0 aliphatic carbocycles. The van der Waals surface area contributed by atoms with E-state index in [0.29, 0.717) is 23.6 Å². The summed E-state index contributed by atoms with van der Waals surface area (Å²) in [6.07, 6.45) is 6.10. The van der Waals surface area contributed by atoms with Crippen molar-refractivity contribution in [3.63, 3.8) is 0 Å². The lowest BCUT2D eigenvalue weighted by molar-refractivity contribution is -0.132. The average Bonchev–Trinajstić information content (AvgIpc) is 2.98. The van der Waals surface area contributed by atoms with Gasteiger partial charge in [0.1, 0.15) is 0 Å². The number of carbonyl (C=O) groups is 1. The van der Waals surface area contributed by atoms with Crippen molar-refractivity contribution in [1.29, 1.82) is 0 Å². The molecule has 0 N–H and O–H groups in total. The Morgan fingerprint density at radius 2 is 1.85 bits per heavy atom. The van der Waals surface area contributed by atoms with E-state index >= 15 is 0 Å². The number of thioether (sulfide) groups is 1. The van der Waals surface area contributed by atoms with Crippen LogP contribution in [0.25, 0.3) is 0 Å². The second-order valence-electron chi connectivity index (χ2n) is 7.29. The van der Waals surface area contributed by atoms with E-state index in [9.17, 15) is 4.79 Å². The molecule has 0 radical (unpaired) electrons. The molecule has 3 aliphatic heterocycles. The molecule has 1 amide bonds. The van der Waals surface area contributed by atoms with Crippen molar-refractivity contribution < 1.29 is 4.79 Å². The van der Waals surface area contributed by atoms with Gasteiger partial charge in [-0.05, 0) is 48.6 Å². The Morgan fingerprint density at radius 1 is 1.04 bits per heavy atom. The maximum Gasteiger partial charge on any atom is 0.233 e. The van der Waals surface area contributed by atoms with Crippen molar-refractivity contribution in [3.05, 3.63) is 60.4 Å². The average molecular weight is 368 g/mol. The number of pyridine rings is 1. The van der Waals surface area contributed by atoms with Gasteiger partial charge in [0.15, 0.2) is 0 Å². The van der Waals surface area contributed by atoms with Crippen LogP contribution in [0.2, 0.25) is 0 Å². The summed E-state index contributed by atoms with van der Waals surface area (Å²) in [6.45, 7) is 3.96. The number of piperidine rings is 1. The van der Waals surface area contributed by atoms with Gasteiger partial charge < -0.3 is 4.90 Å². The second-order valence-corrected chi connectivity index (χ2v) is 8.34. The smallest absolute Gasteiger partial charge is 0.233 e. The van der Waals surface area contributed by atoms with Crippen molar-refractivity contribution in [1.82, 2.24) is 14.8 Å². The molecule has 2 bridgehead atoms. The Bertz CT molecular complexity index is 725. The van der Waals surface area contributed by atoms with Crippen LogP contribution in [0.1, 0.15) is 18.4 Å². The zero-order valence-corrected chi connectivity index (χ0v) is 15.8. The Kier molecular flexibility index (Phi) is 5.56. The summed E-state index contributed by atoms with van der Waals surface area (Å²) < 4.78 is 0. The van der Waals surface area contributed by atoms with Gasteiger partial charge in [0.25, 0.3) is 0 Å². The third-order valence-corrected chi connectivity index (χ3v) is 6.37. The molecule has 3 saturated heterocycles.